The number of hydrogen-bond acceptors (Lipinski definition) is 1. The first-order chi connectivity index (χ1) is 18.3. The van der Waals surface area contributed by atoms with E-state index in [0.29, 0.717) is 30.6 Å². The zero-order chi connectivity index (χ0) is 31.1. The SMILES string of the molecule is CC(C)C1CCC(F)(F)CC1.CC(C)COC(C)(C)C.CC1CCC(C(C)C)CC1.CC1CCCC(C(C)C)C1. The van der Waals surface area contributed by atoms with E-state index in [1.54, 1.807) is 0 Å². The summed E-state index contributed by atoms with van der Waals surface area (Å²) < 4.78 is 30.8. The third-order valence-corrected chi connectivity index (χ3v) is 9.48. The van der Waals surface area contributed by atoms with Gasteiger partial charge in [-0.1, -0.05) is 101 Å². The lowest BCUT2D eigenvalue weighted by molar-refractivity contribution is -0.0504. The second kappa shape index (κ2) is 19.9. The quantitative estimate of drug-likeness (QED) is 0.318. The minimum absolute atomic E-state index is 0.0320. The van der Waals surface area contributed by atoms with Crippen LogP contribution in [0.15, 0.2) is 0 Å². The Kier molecular flexibility index (Phi) is 19.8. The van der Waals surface area contributed by atoms with E-state index >= 15 is 0 Å². The van der Waals surface area contributed by atoms with Gasteiger partial charge < -0.3 is 4.74 Å². The molecule has 0 saturated heterocycles. The van der Waals surface area contributed by atoms with E-state index < -0.39 is 5.92 Å². The molecule has 1 nitrogen and oxygen atoms in total. The minimum atomic E-state index is -2.36. The Hall–Kier alpha value is -0.180. The van der Waals surface area contributed by atoms with Gasteiger partial charge in [0.05, 0.1) is 5.60 Å². The standard InChI is InChI=1S/2C10H20.C9H16F2.C8H18O/c1-8(2)10-6-4-9(3)5-7-10;1-8(2)10-6-4-5-9(3)7-10;1-7(2)8-3-5-9(10,11)6-4-8;1-7(2)6-9-8(3,4)5/h2*8-10H,4-7H2,1-3H3;7-8H,3-6H2,1-2H3;7H,6H2,1-5H3. The van der Waals surface area contributed by atoms with Crippen molar-refractivity contribution in [3.63, 3.8) is 0 Å². The van der Waals surface area contributed by atoms with Crippen LogP contribution in [0.2, 0.25) is 0 Å². The normalized spacial score (nSPS) is 27.4. The summed E-state index contributed by atoms with van der Waals surface area (Å²) >= 11 is 0. The smallest absolute Gasteiger partial charge is 0.248 e. The summed E-state index contributed by atoms with van der Waals surface area (Å²) in [5.41, 5.74) is 0.0320. The number of ether oxygens (including phenoxy) is 1. The molecule has 3 fully saturated rings. The highest BCUT2D eigenvalue weighted by molar-refractivity contribution is 4.78. The van der Waals surface area contributed by atoms with Crippen molar-refractivity contribution in [2.75, 3.05) is 6.61 Å². The van der Waals surface area contributed by atoms with Gasteiger partial charge in [-0.25, -0.2) is 8.78 Å². The molecular formula is C37H74F2O. The van der Waals surface area contributed by atoms with Gasteiger partial charge in [0.1, 0.15) is 0 Å². The van der Waals surface area contributed by atoms with Crippen molar-refractivity contribution in [3.05, 3.63) is 0 Å². The Bertz CT molecular complexity index is 586. The van der Waals surface area contributed by atoms with E-state index in [0.717, 1.165) is 42.1 Å². The van der Waals surface area contributed by atoms with Gasteiger partial charge in [-0.05, 0) is 106 Å². The molecule has 40 heavy (non-hydrogen) atoms. The molecule has 2 atom stereocenters. The molecule has 0 aromatic rings. The van der Waals surface area contributed by atoms with Crippen LogP contribution < -0.4 is 0 Å². The molecule has 0 aliphatic heterocycles. The molecule has 0 aromatic heterocycles. The lowest BCUT2D eigenvalue weighted by atomic mass is 9.77. The third-order valence-electron chi connectivity index (χ3n) is 9.48. The monoisotopic (exact) mass is 573 g/mol. The van der Waals surface area contributed by atoms with Crippen molar-refractivity contribution in [2.45, 2.75) is 179 Å². The number of rotatable bonds is 5. The fourth-order valence-electron chi connectivity index (χ4n) is 6.18. The molecular weight excluding hydrogens is 498 g/mol. The maximum atomic E-state index is 12.6. The van der Waals surface area contributed by atoms with Crippen LogP contribution in [0.4, 0.5) is 8.78 Å². The first-order valence-electron chi connectivity index (χ1n) is 17.3. The predicted molar refractivity (Wildman–Crippen MR) is 174 cm³/mol. The van der Waals surface area contributed by atoms with Gasteiger partial charge in [0.15, 0.2) is 0 Å². The Morgan fingerprint density at radius 3 is 1.40 bits per heavy atom. The Labute approximate surface area is 251 Å². The molecule has 0 bridgehead atoms. The maximum Gasteiger partial charge on any atom is 0.248 e. The van der Waals surface area contributed by atoms with Crippen LogP contribution in [0.1, 0.15) is 167 Å². The van der Waals surface area contributed by atoms with E-state index in [1.807, 2.05) is 0 Å². The Morgan fingerprint density at radius 2 is 1.07 bits per heavy atom. The van der Waals surface area contributed by atoms with E-state index in [9.17, 15) is 8.78 Å². The van der Waals surface area contributed by atoms with Crippen LogP contribution in [0.3, 0.4) is 0 Å². The molecule has 0 spiro atoms. The highest BCUT2D eigenvalue weighted by atomic mass is 19.3. The van der Waals surface area contributed by atoms with Crippen molar-refractivity contribution in [2.24, 2.45) is 53.3 Å². The fourth-order valence-corrected chi connectivity index (χ4v) is 6.18. The summed E-state index contributed by atoms with van der Waals surface area (Å²) in [6.45, 7) is 29.9. The van der Waals surface area contributed by atoms with Crippen LogP contribution in [0, 0.1) is 53.3 Å². The summed E-state index contributed by atoms with van der Waals surface area (Å²) in [5.74, 6) is 5.32. The van der Waals surface area contributed by atoms with Gasteiger partial charge in [0.25, 0.3) is 0 Å². The molecule has 3 saturated carbocycles. The van der Waals surface area contributed by atoms with Crippen molar-refractivity contribution in [3.8, 4) is 0 Å². The lowest BCUT2D eigenvalue weighted by Crippen LogP contribution is -2.26. The van der Waals surface area contributed by atoms with Crippen molar-refractivity contribution >= 4 is 0 Å². The summed E-state index contributed by atoms with van der Waals surface area (Å²) in [7, 11) is 0. The molecule has 0 heterocycles. The molecule has 0 amide bonds. The second-order valence-corrected chi connectivity index (χ2v) is 16.3. The van der Waals surface area contributed by atoms with Gasteiger partial charge >= 0.3 is 0 Å². The summed E-state index contributed by atoms with van der Waals surface area (Å²) in [6, 6.07) is 0. The van der Waals surface area contributed by atoms with Gasteiger partial charge in [0, 0.05) is 19.4 Å². The highest BCUT2D eigenvalue weighted by Gasteiger charge is 2.35. The van der Waals surface area contributed by atoms with Gasteiger partial charge in [0.2, 0.25) is 5.92 Å². The largest absolute Gasteiger partial charge is 0.376 e. The van der Waals surface area contributed by atoms with Crippen LogP contribution in [0.5, 0.6) is 0 Å². The number of alkyl halides is 2. The molecule has 0 N–H and O–H groups in total. The molecule has 0 radical (unpaired) electrons. The van der Waals surface area contributed by atoms with E-state index in [2.05, 4.69) is 90.0 Å². The second-order valence-electron chi connectivity index (χ2n) is 16.3. The maximum absolute atomic E-state index is 12.6. The van der Waals surface area contributed by atoms with E-state index in [1.165, 1.54) is 51.4 Å². The fraction of sp³-hybridized carbons (Fsp3) is 1.00. The average molecular weight is 573 g/mol. The first kappa shape index (κ1) is 39.8. The van der Waals surface area contributed by atoms with Crippen LogP contribution >= 0.6 is 0 Å². The Morgan fingerprint density at radius 1 is 0.625 bits per heavy atom. The Balaban J connectivity index is 0.000000509. The van der Waals surface area contributed by atoms with Crippen LogP contribution in [0.25, 0.3) is 0 Å². The van der Waals surface area contributed by atoms with Crippen LogP contribution in [-0.2, 0) is 4.74 Å². The third kappa shape index (κ3) is 20.7. The van der Waals surface area contributed by atoms with Crippen molar-refractivity contribution in [1.82, 2.24) is 0 Å². The zero-order valence-corrected chi connectivity index (χ0v) is 29.6. The molecule has 3 heteroatoms. The minimum Gasteiger partial charge on any atom is -0.376 e. The highest BCUT2D eigenvalue weighted by Crippen LogP contribution is 2.39. The van der Waals surface area contributed by atoms with E-state index in [4.69, 9.17) is 4.74 Å². The molecule has 3 aliphatic rings. The van der Waals surface area contributed by atoms with Crippen LogP contribution in [-0.4, -0.2) is 18.1 Å². The number of hydrogen-bond donors (Lipinski definition) is 0. The molecule has 242 valence electrons. The first-order valence-corrected chi connectivity index (χ1v) is 17.3. The zero-order valence-electron chi connectivity index (χ0n) is 29.6. The van der Waals surface area contributed by atoms with E-state index in [-0.39, 0.29) is 18.4 Å². The predicted octanol–water partition coefficient (Wildman–Crippen LogP) is 12.9. The van der Waals surface area contributed by atoms with Crippen molar-refractivity contribution < 1.29 is 13.5 Å². The molecule has 2 unspecified atom stereocenters. The van der Waals surface area contributed by atoms with Gasteiger partial charge in [-0.3, -0.25) is 0 Å². The summed E-state index contributed by atoms with van der Waals surface area (Å²) in [5, 5.41) is 0. The van der Waals surface area contributed by atoms with Gasteiger partial charge in [-0.15, -0.1) is 0 Å². The molecule has 3 aliphatic carbocycles. The topological polar surface area (TPSA) is 9.23 Å². The van der Waals surface area contributed by atoms with Crippen molar-refractivity contribution in [1.29, 1.82) is 0 Å². The molecule has 0 aromatic carbocycles. The average Bonchev–Trinajstić information content (AvgIpc) is 2.83. The number of halogens is 2. The summed E-state index contributed by atoms with van der Waals surface area (Å²) in [6.07, 6.45) is 13.5. The summed E-state index contributed by atoms with van der Waals surface area (Å²) in [4.78, 5) is 0. The molecule has 3 rings (SSSR count). The lowest BCUT2D eigenvalue weighted by Gasteiger charge is -2.30. The van der Waals surface area contributed by atoms with Gasteiger partial charge in [-0.2, -0.15) is 0 Å².